The molecule has 0 radical (unpaired) electrons. The molecule has 0 bridgehead atoms. The molecule has 2 aliphatic rings. The number of carboxylic acids is 1. The van der Waals surface area contributed by atoms with Crippen LogP contribution in [0.2, 0.25) is 0 Å². The second-order valence-corrected chi connectivity index (χ2v) is 11.4. The molecule has 196 valence electrons. The van der Waals surface area contributed by atoms with Crippen molar-refractivity contribution in [1.82, 2.24) is 15.2 Å². The van der Waals surface area contributed by atoms with Crippen LogP contribution in [0.5, 0.6) is 11.5 Å². The molecule has 9 heteroatoms. The number of fused-ring (bicyclic) bond motifs is 2. The number of rotatable bonds is 9. The van der Waals surface area contributed by atoms with Gasteiger partial charge in [-0.25, -0.2) is 4.98 Å². The lowest BCUT2D eigenvalue weighted by Gasteiger charge is -2.28. The van der Waals surface area contributed by atoms with Gasteiger partial charge in [-0.1, -0.05) is 24.3 Å². The first-order valence-corrected chi connectivity index (χ1v) is 13.5. The first-order chi connectivity index (χ1) is 17.8. The molecule has 3 aromatic rings. The zero-order valence-corrected chi connectivity index (χ0v) is 22.1. The van der Waals surface area contributed by atoms with Gasteiger partial charge in [0.1, 0.15) is 5.01 Å². The van der Waals surface area contributed by atoms with E-state index >= 15 is 0 Å². The smallest absolute Gasteiger partial charge is 0.304 e. The minimum atomic E-state index is -0.982. The maximum absolute atomic E-state index is 13.3. The Morgan fingerprint density at radius 1 is 1.16 bits per heavy atom. The fourth-order valence-electron chi connectivity index (χ4n) is 5.46. The third kappa shape index (κ3) is 5.57. The van der Waals surface area contributed by atoms with Crippen molar-refractivity contribution in [1.29, 1.82) is 0 Å². The quantitative estimate of drug-likeness (QED) is 0.439. The predicted molar refractivity (Wildman–Crippen MR) is 142 cm³/mol. The third-order valence-corrected chi connectivity index (χ3v) is 8.60. The van der Waals surface area contributed by atoms with Crippen LogP contribution < -0.4 is 14.8 Å². The van der Waals surface area contributed by atoms with Crippen LogP contribution in [0, 0.1) is 11.3 Å². The van der Waals surface area contributed by atoms with Crippen molar-refractivity contribution in [3.8, 4) is 11.5 Å². The van der Waals surface area contributed by atoms with E-state index in [9.17, 15) is 14.7 Å². The Hall–Kier alpha value is -3.17. The van der Waals surface area contributed by atoms with Crippen LogP contribution >= 0.6 is 11.3 Å². The number of benzene rings is 2. The number of aliphatic carboxylic acids is 1. The number of hydrogen-bond acceptors (Lipinski definition) is 7. The molecule has 1 aromatic heterocycles. The molecule has 0 atom stereocenters. The molecular formula is C28H33N3O5S. The van der Waals surface area contributed by atoms with Crippen molar-refractivity contribution in [2.45, 2.75) is 38.6 Å². The maximum atomic E-state index is 13.3. The van der Waals surface area contributed by atoms with Crippen molar-refractivity contribution in [3.05, 3.63) is 52.5 Å². The SMILES string of the molecule is COc1cc2sc(CNC(=O)C3(CC(=O)O)Cc4ccccc4C3)nc2cc1OCC1CCN(C)CC1. The van der Waals surface area contributed by atoms with Gasteiger partial charge in [0.05, 0.1) is 42.3 Å². The van der Waals surface area contributed by atoms with Gasteiger partial charge < -0.3 is 24.8 Å². The lowest BCUT2D eigenvalue weighted by Crippen LogP contribution is -2.43. The van der Waals surface area contributed by atoms with Crippen LogP contribution in [-0.4, -0.2) is 60.7 Å². The van der Waals surface area contributed by atoms with Gasteiger partial charge in [0.2, 0.25) is 5.91 Å². The van der Waals surface area contributed by atoms with E-state index in [1.807, 2.05) is 36.4 Å². The zero-order valence-electron chi connectivity index (χ0n) is 21.3. The second kappa shape index (κ2) is 10.7. The monoisotopic (exact) mass is 523 g/mol. The van der Waals surface area contributed by atoms with Crippen LogP contribution in [0.15, 0.2) is 36.4 Å². The summed E-state index contributed by atoms with van der Waals surface area (Å²) in [6, 6.07) is 11.6. The topological polar surface area (TPSA) is 101 Å². The number of nitrogens with zero attached hydrogens (tertiary/aromatic N) is 2. The molecule has 1 saturated heterocycles. The number of amides is 1. The van der Waals surface area contributed by atoms with Crippen molar-refractivity contribution in [3.63, 3.8) is 0 Å². The van der Waals surface area contributed by atoms with E-state index in [1.54, 1.807) is 7.11 Å². The van der Waals surface area contributed by atoms with Crippen molar-refractivity contribution in [2.24, 2.45) is 11.3 Å². The van der Waals surface area contributed by atoms with Crippen molar-refractivity contribution < 1.29 is 24.2 Å². The average molecular weight is 524 g/mol. The Labute approximate surface area is 220 Å². The Balaban J connectivity index is 1.27. The van der Waals surface area contributed by atoms with E-state index in [0.29, 0.717) is 36.9 Å². The van der Waals surface area contributed by atoms with E-state index in [0.717, 1.165) is 52.3 Å². The number of carboxylic acid groups (broad SMARTS) is 1. The molecule has 0 saturated carbocycles. The number of hydrogen-bond donors (Lipinski definition) is 2. The highest BCUT2D eigenvalue weighted by Gasteiger charge is 2.45. The van der Waals surface area contributed by atoms with E-state index in [-0.39, 0.29) is 18.9 Å². The maximum Gasteiger partial charge on any atom is 0.304 e. The molecule has 0 spiro atoms. The third-order valence-electron chi connectivity index (χ3n) is 7.58. The Morgan fingerprint density at radius 3 is 2.51 bits per heavy atom. The molecule has 37 heavy (non-hydrogen) atoms. The lowest BCUT2D eigenvalue weighted by molar-refractivity contribution is -0.145. The number of piperidine rings is 1. The summed E-state index contributed by atoms with van der Waals surface area (Å²) >= 11 is 1.48. The molecule has 1 amide bonds. The summed E-state index contributed by atoms with van der Waals surface area (Å²) < 4.78 is 12.7. The van der Waals surface area contributed by atoms with Gasteiger partial charge in [0.25, 0.3) is 0 Å². The van der Waals surface area contributed by atoms with E-state index in [2.05, 4.69) is 17.3 Å². The molecule has 2 heterocycles. The van der Waals surface area contributed by atoms with Crippen LogP contribution in [0.4, 0.5) is 0 Å². The average Bonchev–Trinajstić information content (AvgIpc) is 3.46. The van der Waals surface area contributed by atoms with E-state index < -0.39 is 11.4 Å². The second-order valence-electron chi connectivity index (χ2n) is 10.3. The number of carbonyl (C=O) groups excluding carboxylic acids is 1. The lowest BCUT2D eigenvalue weighted by atomic mass is 9.80. The summed E-state index contributed by atoms with van der Waals surface area (Å²) in [6.45, 7) is 3.07. The van der Waals surface area contributed by atoms with Gasteiger partial charge in [-0.05, 0) is 62.9 Å². The van der Waals surface area contributed by atoms with Crippen molar-refractivity contribution in [2.75, 3.05) is 33.9 Å². The van der Waals surface area contributed by atoms with E-state index in [1.165, 1.54) is 11.3 Å². The summed E-state index contributed by atoms with van der Waals surface area (Å²) in [5.41, 5.74) is 1.89. The molecule has 2 aromatic carbocycles. The molecule has 0 unspecified atom stereocenters. The Morgan fingerprint density at radius 2 is 1.86 bits per heavy atom. The van der Waals surface area contributed by atoms with Crippen LogP contribution in [0.1, 0.15) is 35.4 Å². The number of likely N-dealkylation sites (tertiary alicyclic amines) is 1. The zero-order chi connectivity index (χ0) is 26.0. The Kier molecular flexibility index (Phi) is 7.35. The summed E-state index contributed by atoms with van der Waals surface area (Å²) in [4.78, 5) is 32.0. The van der Waals surface area contributed by atoms with Gasteiger partial charge in [0, 0.05) is 12.1 Å². The summed E-state index contributed by atoms with van der Waals surface area (Å²) in [6.07, 6.45) is 2.89. The summed E-state index contributed by atoms with van der Waals surface area (Å²) in [5, 5.41) is 13.3. The summed E-state index contributed by atoms with van der Waals surface area (Å²) in [5.74, 6) is 0.660. The standard InChI is InChI=1S/C28H33N3O5S/c1-31-9-7-18(8-10-31)17-36-23-11-21-24(12-22(23)35-2)37-25(30-21)16-29-27(34)28(15-26(32)33)13-19-5-3-4-6-20(19)14-28/h3-6,11-12,18H,7-10,13-17H2,1-2H3,(H,29,34)(H,32,33). The van der Waals surface area contributed by atoms with Gasteiger partial charge in [-0.2, -0.15) is 0 Å². The molecule has 5 rings (SSSR count). The molecule has 8 nitrogen and oxygen atoms in total. The number of ether oxygens (including phenoxy) is 2. The normalized spacial score (nSPS) is 17.5. The highest BCUT2D eigenvalue weighted by Crippen LogP contribution is 2.40. The minimum absolute atomic E-state index is 0.206. The molecule has 1 fully saturated rings. The van der Waals surface area contributed by atoms with Gasteiger partial charge in [0.15, 0.2) is 11.5 Å². The van der Waals surface area contributed by atoms with Crippen LogP contribution in [0.3, 0.4) is 0 Å². The largest absolute Gasteiger partial charge is 0.493 e. The van der Waals surface area contributed by atoms with E-state index in [4.69, 9.17) is 14.5 Å². The highest BCUT2D eigenvalue weighted by atomic mass is 32.1. The molecule has 1 aliphatic heterocycles. The summed E-state index contributed by atoms with van der Waals surface area (Å²) in [7, 11) is 3.78. The van der Waals surface area contributed by atoms with Crippen molar-refractivity contribution >= 4 is 33.4 Å². The molecule has 2 N–H and O–H groups in total. The minimum Gasteiger partial charge on any atom is -0.493 e. The number of thiazole rings is 1. The fourth-order valence-corrected chi connectivity index (χ4v) is 6.38. The van der Waals surface area contributed by atoms with Gasteiger partial charge in [-0.3, -0.25) is 9.59 Å². The number of aromatic nitrogens is 1. The molecule has 1 aliphatic carbocycles. The number of carbonyl (C=O) groups is 2. The fraction of sp³-hybridized carbons (Fsp3) is 0.464. The highest BCUT2D eigenvalue weighted by molar-refractivity contribution is 7.18. The van der Waals surface area contributed by atoms with Crippen LogP contribution in [0.25, 0.3) is 10.2 Å². The van der Waals surface area contributed by atoms with Crippen LogP contribution in [-0.2, 0) is 29.0 Å². The molecular weight excluding hydrogens is 490 g/mol. The van der Waals surface area contributed by atoms with Gasteiger partial charge >= 0.3 is 5.97 Å². The Bertz CT molecular complexity index is 1270. The first kappa shape index (κ1) is 25.5. The number of nitrogens with one attached hydrogen (secondary N) is 1. The predicted octanol–water partition coefficient (Wildman–Crippen LogP) is 3.90. The van der Waals surface area contributed by atoms with Gasteiger partial charge in [-0.15, -0.1) is 11.3 Å². The number of methoxy groups -OCH3 is 1. The first-order valence-electron chi connectivity index (χ1n) is 12.7.